The van der Waals surface area contributed by atoms with Gasteiger partial charge in [-0.3, -0.25) is 9.59 Å². The second-order valence-corrected chi connectivity index (χ2v) is 8.54. The van der Waals surface area contributed by atoms with Gasteiger partial charge in [-0.25, -0.2) is 4.79 Å². The van der Waals surface area contributed by atoms with E-state index in [9.17, 15) is 14.4 Å². The number of aromatic nitrogens is 3. The zero-order valence-corrected chi connectivity index (χ0v) is 19.4. The molecule has 3 aromatic heterocycles. The lowest BCUT2D eigenvalue weighted by atomic mass is 10.0. The average Bonchev–Trinajstić information content (AvgIpc) is 3.41. The molecule has 0 unspecified atom stereocenters. The molecule has 3 heterocycles. The Morgan fingerprint density at radius 1 is 1.24 bits per heavy atom. The first-order valence-electron chi connectivity index (χ1n) is 10.4. The third kappa shape index (κ3) is 4.29. The van der Waals surface area contributed by atoms with Gasteiger partial charge in [0.2, 0.25) is 0 Å². The number of rotatable bonds is 6. The Kier molecular flexibility index (Phi) is 6.10. The Morgan fingerprint density at radius 2 is 1.97 bits per heavy atom. The molecule has 0 saturated heterocycles. The first-order valence-corrected chi connectivity index (χ1v) is 11.2. The minimum atomic E-state index is -0.655. The maximum absolute atomic E-state index is 13.5. The van der Waals surface area contributed by atoms with Crippen LogP contribution in [-0.2, 0) is 4.74 Å². The zero-order chi connectivity index (χ0) is 23.7. The Hall–Kier alpha value is -3.79. The first-order chi connectivity index (χ1) is 15.8. The number of carbonyl (C=O) groups is 2. The number of esters is 1. The first kappa shape index (κ1) is 22.4. The largest absolute Gasteiger partial charge is 0.461 e. The average molecular weight is 467 g/mol. The van der Waals surface area contributed by atoms with Crippen molar-refractivity contribution in [2.75, 3.05) is 11.9 Å². The summed E-state index contributed by atoms with van der Waals surface area (Å²) in [5, 5.41) is 13.1. The number of ether oxygens (including phenoxy) is 1. The molecule has 0 aliphatic carbocycles. The molecule has 9 nitrogen and oxygen atoms in total. The van der Waals surface area contributed by atoms with E-state index in [1.54, 1.807) is 31.4 Å². The Bertz CT molecular complexity index is 1400. The van der Waals surface area contributed by atoms with Gasteiger partial charge in [0.25, 0.3) is 11.5 Å². The van der Waals surface area contributed by atoms with E-state index in [-0.39, 0.29) is 28.4 Å². The second kappa shape index (κ2) is 8.99. The van der Waals surface area contributed by atoms with E-state index in [1.165, 1.54) is 6.07 Å². The van der Waals surface area contributed by atoms with E-state index in [1.807, 2.05) is 12.1 Å². The topological polar surface area (TPSA) is 116 Å². The molecular formula is C23H22N4O5S. The normalized spacial score (nSPS) is 11.2. The number of hydrogen-bond acceptors (Lipinski definition) is 8. The minimum absolute atomic E-state index is 0.00610. The van der Waals surface area contributed by atoms with E-state index in [2.05, 4.69) is 29.4 Å². The van der Waals surface area contributed by atoms with Crippen LogP contribution in [0.25, 0.3) is 16.5 Å². The minimum Gasteiger partial charge on any atom is -0.461 e. The molecule has 0 spiro atoms. The molecular weight excluding hydrogens is 444 g/mol. The number of aryl methyl sites for hydroxylation is 1. The molecule has 0 fully saturated rings. The van der Waals surface area contributed by atoms with Crippen molar-refractivity contribution in [1.29, 1.82) is 0 Å². The lowest BCUT2D eigenvalue weighted by molar-refractivity contribution is 0.0520. The van der Waals surface area contributed by atoms with Gasteiger partial charge in [-0.05, 0) is 37.5 Å². The monoisotopic (exact) mass is 466 g/mol. The summed E-state index contributed by atoms with van der Waals surface area (Å²) in [5.74, 6) is -0.382. The molecule has 1 N–H and O–H groups in total. The van der Waals surface area contributed by atoms with Crippen molar-refractivity contribution in [2.24, 2.45) is 0 Å². The molecule has 0 radical (unpaired) electrons. The highest BCUT2D eigenvalue weighted by atomic mass is 32.1. The molecule has 10 heteroatoms. The summed E-state index contributed by atoms with van der Waals surface area (Å²) in [6.07, 6.45) is 0. The van der Waals surface area contributed by atoms with Crippen molar-refractivity contribution in [1.82, 2.24) is 14.9 Å². The number of nitrogens with one attached hydrogen (secondary N) is 1. The van der Waals surface area contributed by atoms with Gasteiger partial charge in [0.05, 0.1) is 17.7 Å². The van der Waals surface area contributed by atoms with Gasteiger partial charge >= 0.3 is 5.97 Å². The van der Waals surface area contributed by atoms with Crippen LogP contribution in [0, 0.1) is 6.92 Å². The third-order valence-electron chi connectivity index (χ3n) is 5.01. The number of amides is 1. The fraction of sp³-hybridized carbons (Fsp3) is 0.261. The van der Waals surface area contributed by atoms with Crippen molar-refractivity contribution >= 4 is 39.0 Å². The summed E-state index contributed by atoms with van der Waals surface area (Å²) >= 11 is 1.12. The van der Waals surface area contributed by atoms with Gasteiger partial charge in [-0.1, -0.05) is 31.1 Å². The summed E-state index contributed by atoms with van der Waals surface area (Å²) in [7, 11) is 0. The molecule has 0 aliphatic heterocycles. The van der Waals surface area contributed by atoms with E-state index in [4.69, 9.17) is 9.26 Å². The van der Waals surface area contributed by atoms with Crippen LogP contribution >= 0.6 is 11.3 Å². The lowest BCUT2D eigenvalue weighted by Crippen LogP contribution is -2.25. The highest BCUT2D eigenvalue weighted by molar-refractivity contribution is 7.16. The van der Waals surface area contributed by atoms with Crippen molar-refractivity contribution < 1.29 is 18.8 Å². The number of fused-ring (bicyclic) bond motifs is 1. The van der Waals surface area contributed by atoms with Crippen LogP contribution in [0.2, 0.25) is 0 Å². The molecule has 1 aromatic carbocycles. The van der Waals surface area contributed by atoms with Crippen LogP contribution in [-0.4, -0.2) is 33.4 Å². The highest BCUT2D eigenvalue weighted by Crippen LogP contribution is 2.31. The molecule has 0 saturated carbocycles. The molecule has 33 heavy (non-hydrogen) atoms. The second-order valence-electron chi connectivity index (χ2n) is 7.66. The van der Waals surface area contributed by atoms with Crippen LogP contribution in [0.1, 0.15) is 59.0 Å². The smallest absolute Gasteiger partial charge is 0.359 e. The molecule has 4 aromatic rings. The van der Waals surface area contributed by atoms with E-state index >= 15 is 0 Å². The van der Waals surface area contributed by atoms with Crippen LogP contribution < -0.4 is 10.9 Å². The Labute approximate surface area is 193 Å². The van der Waals surface area contributed by atoms with Crippen LogP contribution in [0.4, 0.5) is 5.00 Å². The maximum Gasteiger partial charge on any atom is 0.359 e. The van der Waals surface area contributed by atoms with Gasteiger partial charge in [-0.2, -0.15) is 9.78 Å². The lowest BCUT2D eigenvalue weighted by Gasteiger charge is -2.11. The summed E-state index contributed by atoms with van der Waals surface area (Å²) < 4.78 is 11.3. The summed E-state index contributed by atoms with van der Waals surface area (Å²) in [5.41, 5.74) is 1.20. The Balaban J connectivity index is 1.87. The SMILES string of the molecule is CCOC(=O)c1nn(-c2ccc(C(C)C)cc2)c(=O)c2c(NC(=O)c3cc(C)on3)scc12. The predicted octanol–water partition coefficient (Wildman–Crippen LogP) is 4.30. The summed E-state index contributed by atoms with van der Waals surface area (Å²) in [6.45, 7) is 7.66. The third-order valence-corrected chi connectivity index (χ3v) is 5.91. The molecule has 0 atom stereocenters. The molecule has 170 valence electrons. The van der Waals surface area contributed by atoms with Crippen LogP contribution in [0.15, 0.2) is 45.0 Å². The molecule has 4 rings (SSSR count). The predicted molar refractivity (Wildman–Crippen MR) is 124 cm³/mol. The van der Waals surface area contributed by atoms with Gasteiger partial charge in [-0.15, -0.1) is 11.3 Å². The molecule has 0 bridgehead atoms. The van der Waals surface area contributed by atoms with Crippen molar-refractivity contribution in [2.45, 2.75) is 33.6 Å². The molecule has 0 aliphatic rings. The van der Waals surface area contributed by atoms with Gasteiger partial charge < -0.3 is 14.6 Å². The quantitative estimate of drug-likeness (QED) is 0.421. The van der Waals surface area contributed by atoms with E-state index in [0.717, 1.165) is 21.6 Å². The number of nitrogens with zero attached hydrogens (tertiary/aromatic N) is 3. The summed E-state index contributed by atoms with van der Waals surface area (Å²) in [4.78, 5) is 38.7. The standard InChI is InChI=1S/C23H22N4O5S/c1-5-31-23(30)19-16-11-33-21(24-20(28)17-10-13(4)32-26-17)18(16)22(29)27(25-19)15-8-6-14(7-9-15)12(2)3/h6-12H,5H2,1-4H3,(H,24,28). The maximum atomic E-state index is 13.5. The fourth-order valence-electron chi connectivity index (χ4n) is 3.31. The van der Waals surface area contributed by atoms with E-state index < -0.39 is 17.4 Å². The van der Waals surface area contributed by atoms with Crippen LogP contribution in [0.3, 0.4) is 0 Å². The fourth-order valence-corrected chi connectivity index (χ4v) is 4.24. The number of carbonyl (C=O) groups excluding carboxylic acids is 2. The number of anilines is 1. The van der Waals surface area contributed by atoms with Crippen molar-refractivity contribution in [3.05, 3.63) is 68.8 Å². The van der Waals surface area contributed by atoms with Gasteiger partial charge in [0.15, 0.2) is 11.4 Å². The van der Waals surface area contributed by atoms with Crippen molar-refractivity contribution in [3.8, 4) is 5.69 Å². The number of thiophene rings is 1. The van der Waals surface area contributed by atoms with E-state index in [0.29, 0.717) is 22.8 Å². The number of hydrogen-bond donors (Lipinski definition) is 1. The van der Waals surface area contributed by atoms with Crippen molar-refractivity contribution in [3.63, 3.8) is 0 Å². The Morgan fingerprint density at radius 3 is 2.58 bits per heavy atom. The van der Waals surface area contributed by atoms with Gasteiger partial charge in [0, 0.05) is 16.8 Å². The van der Waals surface area contributed by atoms with Crippen LogP contribution in [0.5, 0.6) is 0 Å². The highest BCUT2D eigenvalue weighted by Gasteiger charge is 2.24. The summed E-state index contributed by atoms with van der Waals surface area (Å²) in [6, 6.07) is 8.85. The molecule has 1 amide bonds. The van der Waals surface area contributed by atoms with Gasteiger partial charge in [0.1, 0.15) is 10.8 Å². The number of benzene rings is 1. The zero-order valence-electron chi connectivity index (χ0n) is 18.5.